The minimum absolute atomic E-state index is 0.724. The number of ether oxygens (including phenoxy) is 1. The second kappa shape index (κ2) is 11.9. The third-order valence-corrected chi connectivity index (χ3v) is 11.2. The van der Waals surface area contributed by atoms with Crippen LogP contribution < -0.4 is 20.7 Å². The Morgan fingerprint density at radius 1 is 0.528 bits per heavy atom. The van der Waals surface area contributed by atoms with Gasteiger partial charge in [0.25, 0.3) is 0 Å². The van der Waals surface area contributed by atoms with Gasteiger partial charge in [-0.2, -0.15) is 0 Å². The molecule has 0 aliphatic rings. The number of rotatable bonds is 11. The van der Waals surface area contributed by atoms with Crippen molar-refractivity contribution in [2.24, 2.45) is 0 Å². The molecule has 0 radical (unpaired) electrons. The summed E-state index contributed by atoms with van der Waals surface area (Å²) in [6, 6.07) is 39.4. The maximum absolute atomic E-state index is 6.01. The standard InChI is InChI=1S/C32H32N2OP/c1(12-24-35-27-20-21-31-32(26-27)34-23-22-33-31)2-13-25-36(28-14-6-3-7-15-28,29-16-8-4-9-17-29)30-18-10-5-11-19-30/h3-11,14-23,26H,1-2,12-13,24-25H2/q+1. The predicted molar refractivity (Wildman–Crippen MR) is 154 cm³/mol. The summed E-state index contributed by atoms with van der Waals surface area (Å²) in [6.07, 6.45) is 9.20. The number of benzene rings is 4. The van der Waals surface area contributed by atoms with Gasteiger partial charge in [0.05, 0.1) is 23.8 Å². The highest BCUT2D eigenvalue weighted by Gasteiger charge is 2.44. The molecule has 3 nitrogen and oxygen atoms in total. The molecule has 0 saturated heterocycles. The lowest BCUT2D eigenvalue weighted by Crippen LogP contribution is -2.33. The molecule has 5 aromatic rings. The molecule has 5 rings (SSSR count). The Hall–Kier alpha value is -3.55. The van der Waals surface area contributed by atoms with E-state index in [-0.39, 0.29) is 0 Å². The molecule has 180 valence electrons. The van der Waals surface area contributed by atoms with Crippen LogP contribution >= 0.6 is 7.26 Å². The highest BCUT2D eigenvalue weighted by molar-refractivity contribution is 7.95. The minimum Gasteiger partial charge on any atom is -0.494 e. The monoisotopic (exact) mass is 491 g/mol. The van der Waals surface area contributed by atoms with Gasteiger partial charge < -0.3 is 4.74 Å². The number of fused-ring (bicyclic) bond motifs is 1. The van der Waals surface area contributed by atoms with Gasteiger partial charge in [-0.15, -0.1) is 0 Å². The van der Waals surface area contributed by atoms with Crippen LogP contribution in [0.25, 0.3) is 11.0 Å². The molecule has 0 amide bonds. The molecular formula is C32H32N2OP+. The molecule has 0 unspecified atom stereocenters. The van der Waals surface area contributed by atoms with E-state index < -0.39 is 7.26 Å². The van der Waals surface area contributed by atoms with Crippen molar-refractivity contribution in [3.63, 3.8) is 0 Å². The van der Waals surface area contributed by atoms with E-state index in [1.807, 2.05) is 18.2 Å². The van der Waals surface area contributed by atoms with Crippen LogP contribution in [0, 0.1) is 0 Å². The lowest BCUT2D eigenvalue weighted by atomic mass is 10.2. The first-order valence-electron chi connectivity index (χ1n) is 12.7. The molecule has 0 aliphatic heterocycles. The van der Waals surface area contributed by atoms with Crippen LogP contribution in [0.4, 0.5) is 0 Å². The summed E-state index contributed by atoms with van der Waals surface area (Å²) in [5, 5.41) is 4.39. The summed E-state index contributed by atoms with van der Waals surface area (Å²) in [5.74, 6) is 0.866. The first-order chi connectivity index (χ1) is 17.9. The van der Waals surface area contributed by atoms with Gasteiger partial charge >= 0.3 is 0 Å². The fraction of sp³-hybridized carbons (Fsp3) is 0.188. The van der Waals surface area contributed by atoms with Gasteiger partial charge in [0, 0.05) is 18.5 Å². The summed E-state index contributed by atoms with van der Waals surface area (Å²) < 4.78 is 6.01. The molecule has 0 fully saturated rings. The molecule has 0 bridgehead atoms. The van der Waals surface area contributed by atoms with Crippen molar-refractivity contribution in [2.45, 2.75) is 25.7 Å². The third kappa shape index (κ3) is 5.48. The molecule has 0 spiro atoms. The van der Waals surface area contributed by atoms with E-state index in [1.165, 1.54) is 34.9 Å². The summed E-state index contributed by atoms with van der Waals surface area (Å²) in [6.45, 7) is 0.724. The summed E-state index contributed by atoms with van der Waals surface area (Å²) in [5.41, 5.74) is 1.77. The van der Waals surface area contributed by atoms with Crippen molar-refractivity contribution in [1.82, 2.24) is 9.97 Å². The van der Waals surface area contributed by atoms with Gasteiger partial charge in [0.1, 0.15) is 28.9 Å². The van der Waals surface area contributed by atoms with Crippen LogP contribution in [0.5, 0.6) is 5.75 Å². The Kier molecular flexibility index (Phi) is 8.00. The molecule has 0 saturated carbocycles. The maximum atomic E-state index is 6.01. The maximum Gasteiger partial charge on any atom is 0.121 e. The van der Waals surface area contributed by atoms with Crippen molar-refractivity contribution in [2.75, 3.05) is 12.8 Å². The molecule has 1 aromatic heterocycles. The quantitative estimate of drug-likeness (QED) is 0.155. The normalized spacial score (nSPS) is 11.4. The van der Waals surface area contributed by atoms with E-state index in [0.29, 0.717) is 0 Å². The van der Waals surface area contributed by atoms with E-state index >= 15 is 0 Å². The zero-order chi connectivity index (χ0) is 24.5. The van der Waals surface area contributed by atoms with Crippen LogP contribution in [-0.4, -0.2) is 22.7 Å². The average Bonchev–Trinajstić information content (AvgIpc) is 2.96. The highest BCUT2D eigenvalue weighted by Crippen LogP contribution is 2.55. The second-order valence-electron chi connectivity index (χ2n) is 9.01. The Bertz CT molecular complexity index is 1260. The smallest absolute Gasteiger partial charge is 0.121 e. The number of unbranched alkanes of at least 4 members (excludes halogenated alkanes) is 3. The first-order valence-corrected chi connectivity index (χ1v) is 14.7. The van der Waals surface area contributed by atoms with Gasteiger partial charge in [-0.1, -0.05) is 54.6 Å². The van der Waals surface area contributed by atoms with Crippen LogP contribution in [-0.2, 0) is 0 Å². The molecule has 1 heterocycles. The SMILES string of the molecule is c1ccc([P+](CCCCCCOc2ccc3nccnc3c2)(c2ccccc2)c2ccccc2)cc1. The highest BCUT2D eigenvalue weighted by atomic mass is 31.2. The molecule has 36 heavy (non-hydrogen) atoms. The van der Waals surface area contributed by atoms with Gasteiger partial charge in [-0.3, -0.25) is 9.97 Å². The largest absolute Gasteiger partial charge is 0.494 e. The van der Waals surface area contributed by atoms with Crippen molar-refractivity contribution < 1.29 is 4.74 Å². The van der Waals surface area contributed by atoms with E-state index in [4.69, 9.17) is 4.74 Å². The molecule has 0 atom stereocenters. The molecule has 4 heteroatoms. The Morgan fingerprint density at radius 2 is 1.06 bits per heavy atom. The van der Waals surface area contributed by atoms with Crippen LogP contribution in [0.15, 0.2) is 122 Å². The lowest BCUT2D eigenvalue weighted by molar-refractivity contribution is 0.305. The average molecular weight is 492 g/mol. The minimum atomic E-state index is -1.72. The second-order valence-corrected chi connectivity index (χ2v) is 12.6. The van der Waals surface area contributed by atoms with Crippen LogP contribution in [0.2, 0.25) is 0 Å². The molecule has 0 aliphatic carbocycles. The zero-order valence-corrected chi connectivity index (χ0v) is 21.4. The topological polar surface area (TPSA) is 35.0 Å². The molecule has 0 N–H and O–H groups in total. The summed E-state index contributed by atoms with van der Waals surface area (Å²) >= 11 is 0. The summed E-state index contributed by atoms with van der Waals surface area (Å²) in [4.78, 5) is 8.69. The van der Waals surface area contributed by atoms with Gasteiger partial charge in [-0.05, 0) is 74.2 Å². The Morgan fingerprint density at radius 3 is 1.64 bits per heavy atom. The van der Waals surface area contributed by atoms with Crippen molar-refractivity contribution in [3.8, 4) is 5.75 Å². The van der Waals surface area contributed by atoms with Gasteiger partial charge in [0.2, 0.25) is 0 Å². The number of hydrogen-bond acceptors (Lipinski definition) is 3. The number of nitrogens with zero attached hydrogens (tertiary/aromatic N) is 2. The fourth-order valence-electron chi connectivity index (χ4n) is 4.91. The zero-order valence-electron chi connectivity index (χ0n) is 20.5. The number of aromatic nitrogens is 2. The van der Waals surface area contributed by atoms with Gasteiger partial charge in [0.15, 0.2) is 0 Å². The first kappa shape index (κ1) is 24.2. The van der Waals surface area contributed by atoms with Crippen molar-refractivity contribution in [3.05, 3.63) is 122 Å². The van der Waals surface area contributed by atoms with Crippen LogP contribution in [0.3, 0.4) is 0 Å². The van der Waals surface area contributed by atoms with E-state index in [0.717, 1.165) is 36.2 Å². The fourth-order valence-corrected chi connectivity index (χ4v) is 9.32. The summed E-state index contributed by atoms with van der Waals surface area (Å²) in [7, 11) is -1.72. The van der Waals surface area contributed by atoms with Crippen LogP contribution in [0.1, 0.15) is 25.7 Å². The number of hydrogen-bond donors (Lipinski definition) is 0. The predicted octanol–water partition coefficient (Wildman–Crippen LogP) is 6.56. The lowest BCUT2D eigenvalue weighted by Gasteiger charge is -2.27. The molecule has 4 aromatic carbocycles. The van der Waals surface area contributed by atoms with E-state index in [1.54, 1.807) is 12.4 Å². The van der Waals surface area contributed by atoms with E-state index in [9.17, 15) is 0 Å². The van der Waals surface area contributed by atoms with E-state index in [2.05, 4.69) is 101 Å². The Labute approximate surface area is 214 Å². The van der Waals surface area contributed by atoms with Gasteiger partial charge in [-0.25, -0.2) is 0 Å². The van der Waals surface area contributed by atoms with Crippen molar-refractivity contribution in [1.29, 1.82) is 0 Å². The van der Waals surface area contributed by atoms with Crippen molar-refractivity contribution >= 4 is 34.2 Å². The third-order valence-electron chi connectivity index (χ3n) is 6.69. The Balaban J connectivity index is 1.24. The molecular weight excluding hydrogens is 459 g/mol.